The molecule has 0 spiro atoms. The molecule has 4 heteroatoms. The summed E-state index contributed by atoms with van der Waals surface area (Å²) in [4.78, 5) is 0. The maximum Gasteiger partial charge on any atom is 0.0640 e. The molecule has 1 aromatic heterocycles. The van der Waals surface area contributed by atoms with Crippen molar-refractivity contribution in [1.29, 1.82) is 0 Å². The van der Waals surface area contributed by atoms with Gasteiger partial charge in [-0.15, -0.1) is 0 Å². The fourth-order valence-corrected chi connectivity index (χ4v) is 3.77. The van der Waals surface area contributed by atoms with Gasteiger partial charge in [-0.05, 0) is 31.7 Å². The van der Waals surface area contributed by atoms with Crippen LogP contribution in [-0.4, -0.2) is 33.9 Å². The Morgan fingerprint density at radius 2 is 2.50 bits per heavy atom. The summed E-state index contributed by atoms with van der Waals surface area (Å²) in [5.74, 6) is 1.32. The van der Waals surface area contributed by atoms with Gasteiger partial charge in [-0.2, -0.15) is 16.9 Å². The van der Waals surface area contributed by atoms with Crippen LogP contribution in [0.25, 0.3) is 0 Å². The summed E-state index contributed by atoms with van der Waals surface area (Å²) >= 11 is 2.12. The van der Waals surface area contributed by atoms with Gasteiger partial charge in [0.25, 0.3) is 0 Å². The average molecular weight is 239 g/mol. The van der Waals surface area contributed by atoms with E-state index in [1.807, 2.05) is 17.9 Å². The summed E-state index contributed by atoms with van der Waals surface area (Å²) < 4.78 is 1.88. The van der Waals surface area contributed by atoms with Crippen LogP contribution in [0.1, 0.15) is 25.0 Å². The van der Waals surface area contributed by atoms with Crippen LogP contribution in [0.4, 0.5) is 0 Å². The monoisotopic (exact) mass is 239 g/mol. The highest BCUT2D eigenvalue weighted by atomic mass is 32.2. The zero-order chi connectivity index (χ0) is 11.4. The van der Waals surface area contributed by atoms with Gasteiger partial charge in [-0.1, -0.05) is 6.42 Å². The number of nitrogens with one attached hydrogen (secondary N) is 1. The first kappa shape index (κ1) is 12.0. The lowest BCUT2D eigenvalue weighted by molar-refractivity contribution is 0.489. The molecule has 2 heterocycles. The Kier molecular flexibility index (Phi) is 4.29. The number of hydrogen-bond acceptors (Lipinski definition) is 3. The Balaban J connectivity index is 1.94. The van der Waals surface area contributed by atoms with Crippen LogP contribution in [-0.2, 0) is 13.5 Å². The highest BCUT2D eigenvalue weighted by molar-refractivity contribution is 8.00. The average Bonchev–Trinajstić information content (AvgIpc) is 2.73. The largest absolute Gasteiger partial charge is 0.316 e. The molecular formula is C12H21N3S. The highest BCUT2D eigenvalue weighted by Crippen LogP contribution is 2.28. The second kappa shape index (κ2) is 5.73. The third-order valence-corrected chi connectivity index (χ3v) is 4.75. The molecule has 1 aliphatic heterocycles. The van der Waals surface area contributed by atoms with Crippen LogP contribution in [0.15, 0.2) is 12.3 Å². The predicted octanol–water partition coefficient (Wildman–Crippen LogP) is 1.84. The number of rotatable bonds is 4. The van der Waals surface area contributed by atoms with Crippen molar-refractivity contribution in [2.45, 2.75) is 37.0 Å². The summed E-state index contributed by atoms with van der Waals surface area (Å²) in [6.07, 6.45) is 7.20. The van der Waals surface area contributed by atoms with E-state index < -0.39 is 0 Å². The SMILES string of the molecule is CNC(Cc1ccn(C)n1)C1CCCCS1. The number of nitrogens with zero attached hydrogens (tertiary/aromatic N) is 2. The minimum atomic E-state index is 0.570. The van der Waals surface area contributed by atoms with Crippen molar-refractivity contribution < 1.29 is 0 Å². The molecule has 0 bridgehead atoms. The first-order valence-electron chi connectivity index (χ1n) is 6.07. The Morgan fingerprint density at radius 3 is 3.06 bits per heavy atom. The molecular weight excluding hydrogens is 218 g/mol. The second-order valence-corrected chi connectivity index (χ2v) is 5.83. The van der Waals surface area contributed by atoms with Crippen LogP contribution in [0.5, 0.6) is 0 Å². The molecule has 90 valence electrons. The van der Waals surface area contributed by atoms with E-state index in [0.717, 1.165) is 11.7 Å². The van der Waals surface area contributed by atoms with Gasteiger partial charge in [-0.3, -0.25) is 4.68 Å². The summed E-state index contributed by atoms with van der Waals surface area (Å²) in [6, 6.07) is 2.69. The third-order valence-electron chi connectivity index (χ3n) is 3.23. The minimum Gasteiger partial charge on any atom is -0.316 e. The van der Waals surface area contributed by atoms with Crippen molar-refractivity contribution in [3.63, 3.8) is 0 Å². The van der Waals surface area contributed by atoms with E-state index in [9.17, 15) is 0 Å². The van der Waals surface area contributed by atoms with Gasteiger partial charge in [0.05, 0.1) is 5.69 Å². The first-order chi connectivity index (χ1) is 7.79. The van der Waals surface area contributed by atoms with E-state index in [-0.39, 0.29) is 0 Å². The molecule has 2 unspecified atom stereocenters. The van der Waals surface area contributed by atoms with E-state index in [1.54, 1.807) is 0 Å². The molecule has 1 aromatic rings. The summed E-state index contributed by atoms with van der Waals surface area (Å²) in [5.41, 5.74) is 1.20. The summed E-state index contributed by atoms with van der Waals surface area (Å²) in [7, 11) is 4.05. The fraction of sp³-hybridized carbons (Fsp3) is 0.750. The molecule has 2 atom stereocenters. The molecule has 3 nitrogen and oxygen atoms in total. The van der Waals surface area contributed by atoms with Crippen LogP contribution in [0, 0.1) is 0 Å². The van der Waals surface area contributed by atoms with Gasteiger partial charge >= 0.3 is 0 Å². The first-order valence-corrected chi connectivity index (χ1v) is 7.12. The van der Waals surface area contributed by atoms with Gasteiger partial charge in [0.2, 0.25) is 0 Å². The van der Waals surface area contributed by atoms with Crippen molar-refractivity contribution in [2.24, 2.45) is 7.05 Å². The van der Waals surface area contributed by atoms with Gasteiger partial charge in [-0.25, -0.2) is 0 Å². The van der Waals surface area contributed by atoms with Gasteiger partial charge in [0.15, 0.2) is 0 Å². The second-order valence-electron chi connectivity index (χ2n) is 4.49. The predicted molar refractivity (Wildman–Crippen MR) is 69.9 cm³/mol. The standard InChI is InChI=1S/C12H21N3S/c1-13-11(12-5-3-4-8-16-12)9-10-6-7-15(2)14-10/h6-7,11-13H,3-5,8-9H2,1-2H3. The molecule has 1 N–H and O–H groups in total. The number of likely N-dealkylation sites (N-methyl/N-ethyl adjacent to an activating group) is 1. The molecule has 2 rings (SSSR count). The molecule has 0 aromatic carbocycles. The molecule has 0 saturated carbocycles. The lowest BCUT2D eigenvalue weighted by Crippen LogP contribution is -2.39. The van der Waals surface area contributed by atoms with E-state index in [2.05, 4.69) is 35.3 Å². The van der Waals surface area contributed by atoms with Crippen molar-refractivity contribution in [3.8, 4) is 0 Å². The molecule has 1 fully saturated rings. The van der Waals surface area contributed by atoms with Crippen LogP contribution in [0.2, 0.25) is 0 Å². The van der Waals surface area contributed by atoms with E-state index in [4.69, 9.17) is 0 Å². The quantitative estimate of drug-likeness (QED) is 0.869. The van der Waals surface area contributed by atoms with Gasteiger partial charge < -0.3 is 5.32 Å². The smallest absolute Gasteiger partial charge is 0.0640 e. The van der Waals surface area contributed by atoms with E-state index in [1.165, 1.54) is 30.7 Å². The van der Waals surface area contributed by atoms with Gasteiger partial charge in [0, 0.05) is 31.0 Å². The normalized spacial score (nSPS) is 23.2. The number of aromatic nitrogens is 2. The lowest BCUT2D eigenvalue weighted by atomic mass is 10.0. The number of aryl methyl sites for hydroxylation is 1. The Labute approximate surface area is 102 Å². The van der Waals surface area contributed by atoms with Gasteiger partial charge in [0.1, 0.15) is 0 Å². The molecule has 1 aliphatic rings. The highest BCUT2D eigenvalue weighted by Gasteiger charge is 2.23. The number of thioether (sulfide) groups is 1. The molecule has 16 heavy (non-hydrogen) atoms. The zero-order valence-electron chi connectivity index (χ0n) is 10.1. The Hall–Kier alpha value is -0.480. The van der Waals surface area contributed by atoms with Crippen molar-refractivity contribution in [2.75, 3.05) is 12.8 Å². The Bertz CT molecular complexity index is 318. The lowest BCUT2D eigenvalue weighted by Gasteiger charge is -2.29. The van der Waals surface area contributed by atoms with E-state index in [0.29, 0.717) is 6.04 Å². The van der Waals surface area contributed by atoms with Crippen molar-refractivity contribution >= 4 is 11.8 Å². The summed E-state index contributed by atoms with van der Waals surface area (Å²) in [6.45, 7) is 0. The maximum absolute atomic E-state index is 4.46. The third kappa shape index (κ3) is 3.01. The van der Waals surface area contributed by atoms with Crippen molar-refractivity contribution in [3.05, 3.63) is 18.0 Å². The van der Waals surface area contributed by atoms with Crippen LogP contribution in [0.3, 0.4) is 0 Å². The fourth-order valence-electron chi connectivity index (χ4n) is 2.30. The topological polar surface area (TPSA) is 29.9 Å². The molecule has 0 radical (unpaired) electrons. The molecule has 0 amide bonds. The van der Waals surface area contributed by atoms with Crippen LogP contribution >= 0.6 is 11.8 Å². The molecule has 0 aliphatic carbocycles. The zero-order valence-corrected chi connectivity index (χ0v) is 11.0. The molecule has 1 saturated heterocycles. The van der Waals surface area contributed by atoms with E-state index >= 15 is 0 Å². The maximum atomic E-state index is 4.46. The van der Waals surface area contributed by atoms with Crippen molar-refractivity contribution in [1.82, 2.24) is 15.1 Å². The number of hydrogen-bond donors (Lipinski definition) is 1. The Morgan fingerprint density at radius 1 is 1.62 bits per heavy atom. The summed E-state index contributed by atoms with van der Waals surface area (Å²) in [5, 5.41) is 8.68. The van der Waals surface area contributed by atoms with Crippen LogP contribution < -0.4 is 5.32 Å². The minimum absolute atomic E-state index is 0.570.